The van der Waals surface area contributed by atoms with Gasteiger partial charge in [-0.2, -0.15) is 4.68 Å². The van der Waals surface area contributed by atoms with Gasteiger partial charge in [-0.15, -0.1) is 5.10 Å². The molecule has 2 heterocycles. The number of hydrogen-bond donors (Lipinski definition) is 1. The van der Waals surface area contributed by atoms with Gasteiger partial charge in [0.2, 0.25) is 0 Å². The molecule has 0 spiro atoms. The smallest absolute Gasteiger partial charge is 0.182 e. The summed E-state index contributed by atoms with van der Waals surface area (Å²) in [4.78, 5) is 12.7. The van der Waals surface area contributed by atoms with Crippen molar-refractivity contribution < 1.29 is 4.39 Å². The average molecular weight is 332 g/mol. The SMILES string of the molecule is Nc1cncnc1-n1nc(-c2ccccc2)nc1-c1ccc(F)cc1. The molecule has 6 nitrogen and oxygen atoms in total. The Morgan fingerprint density at radius 3 is 2.40 bits per heavy atom. The van der Waals surface area contributed by atoms with E-state index in [-0.39, 0.29) is 5.82 Å². The second-order valence-corrected chi connectivity index (χ2v) is 5.35. The highest BCUT2D eigenvalue weighted by Crippen LogP contribution is 2.26. The van der Waals surface area contributed by atoms with Crippen LogP contribution in [0, 0.1) is 5.82 Å². The van der Waals surface area contributed by atoms with Crippen LogP contribution in [0.3, 0.4) is 0 Å². The molecule has 0 aliphatic rings. The van der Waals surface area contributed by atoms with Crippen molar-refractivity contribution >= 4 is 5.69 Å². The Balaban J connectivity index is 1.93. The number of hydrogen-bond acceptors (Lipinski definition) is 5. The Morgan fingerprint density at radius 2 is 1.68 bits per heavy atom. The molecule has 0 aliphatic heterocycles. The normalized spacial score (nSPS) is 10.8. The Hall–Kier alpha value is -3.61. The van der Waals surface area contributed by atoms with E-state index >= 15 is 0 Å². The number of anilines is 1. The van der Waals surface area contributed by atoms with Crippen LogP contribution in [-0.4, -0.2) is 24.7 Å². The second kappa shape index (κ2) is 6.12. The van der Waals surface area contributed by atoms with E-state index in [9.17, 15) is 4.39 Å². The summed E-state index contributed by atoms with van der Waals surface area (Å²) in [5, 5.41) is 4.55. The van der Waals surface area contributed by atoms with Crippen LogP contribution < -0.4 is 5.73 Å². The monoisotopic (exact) mass is 332 g/mol. The first kappa shape index (κ1) is 14.9. The standard InChI is InChI=1S/C18H13FN6/c19-14-8-6-13(7-9-14)17-23-16(12-4-2-1-3-5-12)24-25(17)18-15(20)10-21-11-22-18/h1-11H,20H2. The van der Waals surface area contributed by atoms with Crippen molar-refractivity contribution in [2.75, 3.05) is 5.73 Å². The number of aromatic nitrogens is 5. The van der Waals surface area contributed by atoms with Gasteiger partial charge in [0, 0.05) is 11.1 Å². The third-order valence-corrected chi connectivity index (χ3v) is 3.66. The van der Waals surface area contributed by atoms with Crippen molar-refractivity contribution in [2.45, 2.75) is 0 Å². The van der Waals surface area contributed by atoms with E-state index in [1.54, 1.807) is 16.8 Å². The van der Waals surface area contributed by atoms with Crippen LogP contribution >= 0.6 is 0 Å². The molecular weight excluding hydrogens is 319 g/mol. The fourth-order valence-electron chi connectivity index (χ4n) is 2.47. The van der Waals surface area contributed by atoms with E-state index in [1.165, 1.54) is 24.7 Å². The van der Waals surface area contributed by atoms with Gasteiger partial charge < -0.3 is 5.73 Å². The number of rotatable bonds is 3. The lowest BCUT2D eigenvalue weighted by Crippen LogP contribution is -2.06. The number of nitrogens with two attached hydrogens (primary N) is 1. The van der Waals surface area contributed by atoms with Crippen molar-refractivity contribution in [3.63, 3.8) is 0 Å². The van der Waals surface area contributed by atoms with Gasteiger partial charge in [0.15, 0.2) is 17.5 Å². The van der Waals surface area contributed by atoms with E-state index in [0.717, 1.165) is 5.56 Å². The van der Waals surface area contributed by atoms with Crippen LogP contribution in [0.2, 0.25) is 0 Å². The van der Waals surface area contributed by atoms with Gasteiger partial charge in [0.05, 0.1) is 11.9 Å². The van der Waals surface area contributed by atoms with E-state index < -0.39 is 0 Å². The zero-order valence-corrected chi connectivity index (χ0v) is 13.0. The van der Waals surface area contributed by atoms with Crippen LogP contribution in [0.1, 0.15) is 0 Å². The summed E-state index contributed by atoms with van der Waals surface area (Å²) < 4.78 is 14.8. The minimum Gasteiger partial charge on any atom is -0.394 e. The minimum absolute atomic E-state index is 0.320. The molecule has 0 aliphatic carbocycles. The van der Waals surface area contributed by atoms with E-state index in [4.69, 9.17) is 5.73 Å². The van der Waals surface area contributed by atoms with Gasteiger partial charge in [-0.3, -0.25) is 0 Å². The second-order valence-electron chi connectivity index (χ2n) is 5.35. The molecule has 2 aromatic heterocycles. The number of benzene rings is 2. The first-order valence-electron chi connectivity index (χ1n) is 7.56. The molecule has 0 saturated carbocycles. The molecule has 0 unspecified atom stereocenters. The largest absolute Gasteiger partial charge is 0.394 e. The molecule has 2 aromatic carbocycles. The highest BCUT2D eigenvalue weighted by atomic mass is 19.1. The molecule has 0 atom stereocenters. The van der Waals surface area contributed by atoms with E-state index in [0.29, 0.717) is 28.7 Å². The van der Waals surface area contributed by atoms with Crippen molar-refractivity contribution in [3.8, 4) is 28.6 Å². The summed E-state index contributed by atoms with van der Waals surface area (Å²) in [6.45, 7) is 0. The Kier molecular flexibility index (Phi) is 3.66. The molecule has 0 radical (unpaired) electrons. The molecule has 0 amide bonds. The van der Waals surface area contributed by atoms with Gasteiger partial charge in [-0.05, 0) is 24.3 Å². The predicted octanol–water partition coefficient (Wildman–Crippen LogP) is 3.11. The topological polar surface area (TPSA) is 82.5 Å². The van der Waals surface area contributed by atoms with Crippen molar-refractivity contribution in [1.29, 1.82) is 0 Å². The molecule has 0 saturated heterocycles. The molecule has 0 bridgehead atoms. The maximum Gasteiger partial charge on any atom is 0.182 e. The van der Waals surface area contributed by atoms with Crippen molar-refractivity contribution in [1.82, 2.24) is 24.7 Å². The lowest BCUT2D eigenvalue weighted by Gasteiger charge is -2.06. The zero-order valence-electron chi connectivity index (χ0n) is 13.0. The first-order valence-corrected chi connectivity index (χ1v) is 7.56. The predicted molar refractivity (Wildman–Crippen MR) is 92.2 cm³/mol. The van der Waals surface area contributed by atoms with E-state index in [1.807, 2.05) is 30.3 Å². The third kappa shape index (κ3) is 2.83. The van der Waals surface area contributed by atoms with Crippen LogP contribution in [0.25, 0.3) is 28.6 Å². The van der Waals surface area contributed by atoms with Crippen molar-refractivity contribution in [3.05, 3.63) is 72.9 Å². The molecular formula is C18H13FN6. The lowest BCUT2D eigenvalue weighted by molar-refractivity contribution is 0.628. The Morgan fingerprint density at radius 1 is 0.920 bits per heavy atom. The Labute approximate surface area is 142 Å². The summed E-state index contributed by atoms with van der Waals surface area (Å²) in [6, 6.07) is 15.6. The molecule has 4 rings (SSSR count). The van der Waals surface area contributed by atoms with Crippen LogP contribution in [0.4, 0.5) is 10.1 Å². The maximum atomic E-state index is 13.3. The maximum absolute atomic E-state index is 13.3. The average Bonchev–Trinajstić information content (AvgIpc) is 3.09. The first-order chi connectivity index (χ1) is 12.2. The van der Waals surface area contributed by atoms with Crippen molar-refractivity contribution in [2.24, 2.45) is 0 Å². The summed E-state index contributed by atoms with van der Waals surface area (Å²) >= 11 is 0. The van der Waals surface area contributed by atoms with Gasteiger partial charge >= 0.3 is 0 Å². The quantitative estimate of drug-likeness (QED) is 0.623. The molecule has 0 fully saturated rings. The molecule has 2 N–H and O–H groups in total. The van der Waals surface area contributed by atoms with Gasteiger partial charge in [-0.25, -0.2) is 19.3 Å². The zero-order chi connectivity index (χ0) is 17.2. The Bertz CT molecular complexity index is 1010. The highest BCUT2D eigenvalue weighted by Gasteiger charge is 2.17. The van der Waals surface area contributed by atoms with Gasteiger partial charge in [0.25, 0.3) is 0 Å². The molecule has 25 heavy (non-hydrogen) atoms. The summed E-state index contributed by atoms with van der Waals surface area (Å²) in [6.07, 6.45) is 2.89. The molecule has 122 valence electrons. The summed E-state index contributed by atoms with van der Waals surface area (Å²) in [7, 11) is 0. The van der Waals surface area contributed by atoms with Gasteiger partial charge in [-0.1, -0.05) is 30.3 Å². The fourth-order valence-corrected chi connectivity index (χ4v) is 2.47. The van der Waals surface area contributed by atoms with Crippen LogP contribution in [0.15, 0.2) is 67.1 Å². The van der Waals surface area contributed by atoms with E-state index in [2.05, 4.69) is 20.1 Å². The lowest BCUT2D eigenvalue weighted by atomic mass is 10.2. The summed E-state index contributed by atoms with van der Waals surface area (Å²) in [5.74, 6) is 1.14. The number of nitrogen functional groups attached to an aromatic ring is 1. The molecule has 7 heteroatoms. The van der Waals surface area contributed by atoms with Crippen LogP contribution in [-0.2, 0) is 0 Å². The number of halogens is 1. The van der Waals surface area contributed by atoms with Gasteiger partial charge in [0.1, 0.15) is 12.1 Å². The third-order valence-electron chi connectivity index (χ3n) is 3.66. The highest BCUT2D eigenvalue weighted by molar-refractivity contribution is 5.65. The number of nitrogens with zero attached hydrogens (tertiary/aromatic N) is 5. The summed E-state index contributed by atoms with van der Waals surface area (Å²) in [5.41, 5.74) is 7.93. The molecule has 4 aromatic rings. The minimum atomic E-state index is -0.320. The fraction of sp³-hybridized carbons (Fsp3) is 0. The van der Waals surface area contributed by atoms with Crippen LogP contribution in [0.5, 0.6) is 0 Å².